The fourth-order valence-electron chi connectivity index (χ4n) is 1.25. The summed E-state index contributed by atoms with van der Waals surface area (Å²) < 4.78 is 11.2. The van der Waals surface area contributed by atoms with Gasteiger partial charge in [0.15, 0.2) is 5.78 Å². The first-order valence-electron chi connectivity index (χ1n) is 5.02. The molecule has 0 aliphatic rings. The smallest absolute Gasteiger partial charge is 0.188 e. The van der Waals surface area contributed by atoms with Gasteiger partial charge in [-0.05, 0) is 19.1 Å². The van der Waals surface area contributed by atoms with Gasteiger partial charge in [-0.25, -0.2) is 0 Å². The van der Waals surface area contributed by atoms with Crippen LogP contribution in [0.5, 0.6) is 0 Å². The standard InChI is InChI=1S/C12H15BrO3/c1-9(7-15-2)16-8-12(14)10-4-3-5-11(13)6-10/h3-6,9H,7-8H2,1-2H3. The summed E-state index contributed by atoms with van der Waals surface area (Å²) in [6, 6.07) is 7.27. The van der Waals surface area contributed by atoms with Gasteiger partial charge in [0.2, 0.25) is 0 Å². The summed E-state index contributed by atoms with van der Waals surface area (Å²) in [4.78, 5) is 11.7. The third-order valence-corrected chi connectivity index (χ3v) is 2.54. The minimum Gasteiger partial charge on any atom is -0.382 e. The molecular weight excluding hydrogens is 272 g/mol. The van der Waals surface area contributed by atoms with Crippen LogP contribution in [0.1, 0.15) is 17.3 Å². The van der Waals surface area contributed by atoms with Gasteiger partial charge in [-0.3, -0.25) is 4.79 Å². The molecule has 0 radical (unpaired) electrons. The van der Waals surface area contributed by atoms with E-state index in [9.17, 15) is 4.79 Å². The van der Waals surface area contributed by atoms with E-state index in [1.54, 1.807) is 19.2 Å². The number of rotatable bonds is 6. The molecule has 0 saturated heterocycles. The van der Waals surface area contributed by atoms with Gasteiger partial charge in [-0.15, -0.1) is 0 Å². The number of benzene rings is 1. The quantitative estimate of drug-likeness (QED) is 0.755. The van der Waals surface area contributed by atoms with E-state index >= 15 is 0 Å². The summed E-state index contributed by atoms with van der Waals surface area (Å²) in [5.41, 5.74) is 0.652. The zero-order valence-electron chi connectivity index (χ0n) is 9.40. The molecule has 0 aliphatic carbocycles. The lowest BCUT2D eigenvalue weighted by Crippen LogP contribution is -2.19. The van der Waals surface area contributed by atoms with E-state index in [4.69, 9.17) is 9.47 Å². The van der Waals surface area contributed by atoms with Crippen molar-refractivity contribution < 1.29 is 14.3 Å². The Bertz CT molecular complexity index is 352. The van der Waals surface area contributed by atoms with Crippen LogP contribution in [-0.2, 0) is 9.47 Å². The van der Waals surface area contributed by atoms with Gasteiger partial charge in [0.1, 0.15) is 6.61 Å². The van der Waals surface area contributed by atoms with E-state index in [1.165, 1.54) is 0 Å². The lowest BCUT2D eigenvalue weighted by Gasteiger charge is -2.11. The summed E-state index contributed by atoms with van der Waals surface area (Å²) in [7, 11) is 1.61. The highest BCUT2D eigenvalue weighted by Gasteiger charge is 2.09. The van der Waals surface area contributed by atoms with Crippen molar-refractivity contribution in [2.24, 2.45) is 0 Å². The van der Waals surface area contributed by atoms with Crippen molar-refractivity contribution in [3.8, 4) is 0 Å². The van der Waals surface area contributed by atoms with Crippen LogP contribution in [0.2, 0.25) is 0 Å². The second-order valence-corrected chi connectivity index (χ2v) is 4.43. The monoisotopic (exact) mass is 286 g/mol. The summed E-state index contributed by atoms with van der Waals surface area (Å²) in [5, 5.41) is 0. The van der Waals surface area contributed by atoms with Crippen LogP contribution < -0.4 is 0 Å². The Kier molecular flexibility index (Phi) is 5.66. The predicted molar refractivity (Wildman–Crippen MR) is 65.8 cm³/mol. The average Bonchev–Trinajstić information content (AvgIpc) is 2.26. The molecule has 0 amide bonds. The Morgan fingerprint density at radius 3 is 2.88 bits per heavy atom. The first-order chi connectivity index (χ1) is 7.63. The summed E-state index contributed by atoms with van der Waals surface area (Å²) in [6.45, 7) is 2.45. The highest BCUT2D eigenvalue weighted by atomic mass is 79.9. The molecule has 0 aromatic heterocycles. The number of hydrogen-bond donors (Lipinski definition) is 0. The minimum absolute atomic E-state index is 0.0238. The molecule has 1 rings (SSSR count). The Hall–Kier alpha value is -0.710. The van der Waals surface area contributed by atoms with Crippen molar-refractivity contribution in [2.45, 2.75) is 13.0 Å². The van der Waals surface area contributed by atoms with Gasteiger partial charge in [-0.2, -0.15) is 0 Å². The SMILES string of the molecule is COCC(C)OCC(=O)c1cccc(Br)c1. The Morgan fingerprint density at radius 1 is 1.50 bits per heavy atom. The molecule has 0 spiro atoms. The van der Waals surface area contributed by atoms with Crippen molar-refractivity contribution in [3.05, 3.63) is 34.3 Å². The van der Waals surface area contributed by atoms with Crippen LogP contribution in [0.15, 0.2) is 28.7 Å². The van der Waals surface area contributed by atoms with Gasteiger partial charge in [0, 0.05) is 17.1 Å². The third-order valence-electron chi connectivity index (χ3n) is 2.05. The normalized spacial score (nSPS) is 12.4. The van der Waals surface area contributed by atoms with Crippen molar-refractivity contribution in [1.82, 2.24) is 0 Å². The van der Waals surface area contributed by atoms with Gasteiger partial charge >= 0.3 is 0 Å². The molecule has 0 heterocycles. The first kappa shape index (κ1) is 13.4. The molecular formula is C12H15BrO3. The molecule has 16 heavy (non-hydrogen) atoms. The fourth-order valence-corrected chi connectivity index (χ4v) is 1.65. The molecule has 88 valence electrons. The van der Waals surface area contributed by atoms with E-state index in [0.29, 0.717) is 12.2 Å². The number of carbonyl (C=O) groups excluding carboxylic acids is 1. The lowest BCUT2D eigenvalue weighted by molar-refractivity contribution is 0.0125. The minimum atomic E-state index is -0.0684. The van der Waals surface area contributed by atoms with Gasteiger partial charge < -0.3 is 9.47 Å². The Balaban J connectivity index is 2.47. The molecule has 1 unspecified atom stereocenters. The van der Waals surface area contributed by atoms with Crippen molar-refractivity contribution in [1.29, 1.82) is 0 Å². The molecule has 0 saturated carbocycles. The topological polar surface area (TPSA) is 35.5 Å². The lowest BCUT2D eigenvalue weighted by atomic mass is 10.1. The van der Waals surface area contributed by atoms with Crippen molar-refractivity contribution in [2.75, 3.05) is 20.3 Å². The number of ether oxygens (including phenoxy) is 2. The van der Waals surface area contributed by atoms with E-state index in [2.05, 4.69) is 15.9 Å². The third kappa shape index (κ3) is 4.43. The molecule has 1 aromatic carbocycles. The maximum Gasteiger partial charge on any atom is 0.188 e. The maximum absolute atomic E-state index is 11.7. The zero-order valence-corrected chi connectivity index (χ0v) is 11.0. The van der Waals surface area contributed by atoms with Crippen LogP contribution in [-0.4, -0.2) is 32.2 Å². The summed E-state index contributed by atoms with van der Waals surface area (Å²) >= 11 is 3.32. The van der Waals surface area contributed by atoms with Crippen molar-refractivity contribution in [3.63, 3.8) is 0 Å². The van der Waals surface area contributed by atoms with Gasteiger partial charge in [0.25, 0.3) is 0 Å². The average molecular weight is 287 g/mol. The first-order valence-corrected chi connectivity index (χ1v) is 5.82. The highest BCUT2D eigenvalue weighted by Crippen LogP contribution is 2.12. The van der Waals surface area contributed by atoms with Crippen LogP contribution in [0.4, 0.5) is 0 Å². The Morgan fingerprint density at radius 2 is 2.25 bits per heavy atom. The van der Waals surface area contributed by atoms with Gasteiger partial charge in [-0.1, -0.05) is 28.1 Å². The molecule has 0 bridgehead atoms. The molecule has 1 aromatic rings. The largest absolute Gasteiger partial charge is 0.382 e. The Labute approximate surface area is 104 Å². The summed E-state index contributed by atoms with van der Waals surface area (Å²) in [5.74, 6) is -0.0238. The van der Waals surface area contributed by atoms with E-state index < -0.39 is 0 Å². The van der Waals surface area contributed by atoms with Crippen LogP contribution in [0.3, 0.4) is 0 Å². The van der Waals surface area contributed by atoms with Crippen LogP contribution in [0.25, 0.3) is 0 Å². The van der Waals surface area contributed by atoms with Gasteiger partial charge in [0.05, 0.1) is 12.7 Å². The van der Waals surface area contributed by atoms with E-state index in [0.717, 1.165) is 4.47 Å². The number of Topliss-reactive ketones (excluding diaryl/α,β-unsaturated/α-hetero) is 1. The summed E-state index contributed by atoms with van der Waals surface area (Å²) in [6.07, 6.45) is -0.0684. The molecule has 0 fully saturated rings. The second-order valence-electron chi connectivity index (χ2n) is 3.51. The van der Waals surface area contributed by atoms with E-state index in [1.807, 2.05) is 19.1 Å². The number of hydrogen-bond acceptors (Lipinski definition) is 3. The molecule has 0 aliphatic heterocycles. The van der Waals surface area contributed by atoms with Crippen LogP contribution >= 0.6 is 15.9 Å². The number of carbonyl (C=O) groups is 1. The highest BCUT2D eigenvalue weighted by molar-refractivity contribution is 9.10. The molecule has 0 N–H and O–H groups in total. The number of methoxy groups -OCH3 is 1. The zero-order chi connectivity index (χ0) is 12.0. The molecule has 4 heteroatoms. The molecule has 1 atom stereocenters. The number of halogens is 1. The fraction of sp³-hybridized carbons (Fsp3) is 0.417. The predicted octanol–water partition coefficient (Wildman–Crippen LogP) is 2.68. The van der Waals surface area contributed by atoms with Crippen LogP contribution in [0, 0.1) is 0 Å². The second kappa shape index (κ2) is 6.78. The maximum atomic E-state index is 11.7. The molecule has 3 nitrogen and oxygen atoms in total. The van der Waals surface area contributed by atoms with E-state index in [-0.39, 0.29) is 18.5 Å². The number of ketones is 1. The van der Waals surface area contributed by atoms with Crippen molar-refractivity contribution >= 4 is 21.7 Å².